The number of rotatable bonds is 0. The molecule has 0 heterocycles. The molecule has 25 heavy (non-hydrogen) atoms. The maximum absolute atomic E-state index is 13.2. The number of carbonyl (C=O) groups excluding carboxylic acids is 1. The van der Waals surface area contributed by atoms with E-state index < -0.39 is 5.79 Å². The van der Waals surface area contributed by atoms with Gasteiger partial charge in [-0.15, -0.1) is 0 Å². The van der Waals surface area contributed by atoms with E-state index in [1.165, 1.54) is 0 Å². The minimum atomic E-state index is -2.22. The zero-order valence-corrected chi connectivity index (χ0v) is 13.2. The molecule has 0 amide bonds. The van der Waals surface area contributed by atoms with Crippen molar-refractivity contribution in [1.82, 2.24) is 0 Å². The molecule has 2 N–H and O–H groups in total. The molecule has 4 aromatic carbocycles. The van der Waals surface area contributed by atoms with Crippen molar-refractivity contribution in [3.05, 3.63) is 95.1 Å². The highest BCUT2D eigenvalue weighted by molar-refractivity contribution is 6.25. The van der Waals surface area contributed by atoms with Crippen LogP contribution in [0.25, 0.3) is 21.5 Å². The van der Waals surface area contributed by atoms with Gasteiger partial charge in [-0.25, -0.2) is 0 Å². The van der Waals surface area contributed by atoms with Gasteiger partial charge in [0.15, 0.2) is 5.78 Å². The number of aliphatic hydroxyl groups is 2. The van der Waals surface area contributed by atoms with E-state index in [-0.39, 0.29) is 16.9 Å². The number of ketones is 1. The summed E-state index contributed by atoms with van der Waals surface area (Å²) in [5.41, 5.74) is 1.21. The monoisotopic (exact) mass is 326 g/mol. The lowest BCUT2D eigenvalue weighted by molar-refractivity contribution is -0.132. The molecule has 5 rings (SSSR count). The molecule has 0 saturated carbocycles. The minimum absolute atomic E-state index is 0.175. The molecule has 0 aliphatic heterocycles. The molecule has 0 unspecified atom stereocenters. The van der Waals surface area contributed by atoms with Crippen LogP contribution < -0.4 is 0 Å². The fourth-order valence-corrected chi connectivity index (χ4v) is 3.99. The molecule has 4 aromatic rings. The van der Waals surface area contributed by atoms with Gasteiger partial charge in [0.2, 0.25) is 5.79 Å². The zero-order valence-electron chi connectivity index (χ0n) is 13.2. The lowest BCUT2D eigenvalue weighted by Gasteiger charge is -2.33. The lowest BCUT2D eigenvalue weighted by atomic mass is 9.76. The van der Waals surface area contributed by atoms with Crippen LogP contribution in [0.1, 0.15) is 27.0 Å². The average Bonchev–Trinajstić information content (AvgIpc) is 2.65. The predicted molar refractivity (Wildman–Crippen MR) is 96.5 cm³/mol. The van der Waals surface area contributed by atoms with Gasteiger partial charge in [0.1, 0.15) is 0 Å². The van der Waals surface area contributed by atoms with E-state index in [0.29, 0.717) is 16.5 Å². The number of carbonyl (C=O) groups is 1. The molecule has 120 valence electrons. The summed E-state index contributed by atoms with van der Waals surface area (Å²) in [7, 11) is 0. The van der Waals surface area contributed by atoms with E-state index in [9.17, 15) is 15.0 Å². The van der Waals surface area contributed by atoms with E-state index in [1.807, 2.05) is 48.5 Å². The van der Waals surface area contributed by atoms with Gasteiger partial charge in [-0.3, -0.25) is 4.79 Å². The third-order valence-corrected chi connectivity index (χ3v) is 5.06. The summed E-state index contributed by atoms with van der Waals surface area (Å²) in [5.74, 6) is -2.39. The van der Waals surface area contributed by atoms with Crippen molar-refractivity contribution >= 4 is 27.3 Å². The van der Waals surface area contributed by atoms with Crippen molar-refractivity contribution in [3.63, 3.8) is 0 Å². The fraction of sp³-hybridized carbons (Fsp3) is 0.0455. The normalized spacial score (nSPS) is 15.2. The smallest absolute Gasteiger partial charge is 0.219 e. The highest BCUT2D eigenvalue weighted by atomic mass is 16.5. The minimum Gasteiger partial charge on any atom is -0.358 e. The Morgan fingerprint density at radius 2 is 1.16 bits per heavy atom. The SMILES string of the molecule is O=C1c2ccccc2C(O)(O)c2c1c1ccccc1c1ccccc21. The first-order valence-electron chi connectivity index (χ1n) is 8.13. The van der Waals surface area contributed by atoms with Crippen LogP contribution in [-0.2, 0) is 5.79 Å². The summed E-state index contributed by atoms with van der Waals surface area (Å²) in [6, 6.07) is 21.8. The van der Waals surface area contributed by atoms with Crippen LogP contribution in [0, 0.1) is 0 Å². The molecule has 0 aromatic heterocycles. The number of hydrogen-bond acceptors (Lipinski definition) is 3. The van der Waals surface area contributed by atoms with E-state index in [4.69, 9.17) is 0 Å². The molecule has 0 spiro atoms. The largest absolute Gasteiger partial charge is 0.358 e. The summed E-state index contributed by atoms with van der Waals surface area (Å²) in [5, 5.41) is 25.4. The topological polar surface area (TPSA) is 57.5 Å². The van der Waals surface area contributed by atoms with Gasteiger partial charge >= 0.3 is 0 Å². The van der Waals surface area contributed by atoms with Crippen molar-refractivity contribution in [1.29, 1.82) is 0 Å². The zero-order chi connectivity index (χ0) is 17.2. The summed E-state index contributed by atoms with van der Waals surface area (Å²) >= 11 is 0. The Kier molecular flexibility index (Phi) is 2.73. The fourth-order valence-electron chi connectivity index (χ4n) is 3.99. The number of hydrogen-bond donors (Lipinski definition) is 2. The Labute approximate surface area is 143 Å². The molecular weight excluding hydrogens is 312 g/mol. The van der Waals surface area contributed by atoms with Gasteiger partial charge in [-0.05, 0) is 21.5 Å². The van der Waals surface area contributed by atoms with Crippen LogP contribution in [0.4, 0.5) is 0 Å². The van der Waals surface area contributed by atoms with Crippen LogP contribution in [-0.4, -0.2) is 16.0 Å². The Balaban J connectivity index is 2.08. The number of benzene rings is 4. The summed E-state index contributed by atoms with van der Waals surface area (Å²) < 4.78 is 0. The molecule has 1 aliphatic carbocycles. The summed E-state index contributed by atoms with van der Waals surface area (Å²) in [6.07, 6.45) is 0. The lowest BCUT2D eigenvalue weighted by Crippen LogP contribution is -2.35. The van der Waals surface area contributed by atoms with Crippen molar-refractivity contribution in [3.8, 4) is 0 Å². The van der Waals surface area contributed by atoms with Crippen molar-refractivity contribution < 1.29 is 15.0 Å². The van der Waals surface area contributed by atoms with Gasteiger partial charge in [0, 0.05) is 22.3 Å². The van der Waals surface area contributed by atoms with Gasteiger partial charge in [0.25, 0.3) is 0 Å². The maximum Gasteiger partial charge on any atom is 0.219 e. The standard InChI is InChI=1S/C22H14O3/c23-21-17-11-5-6-12-18(17)22(24,25)20-16-10-4-2-8-14(16)13-7-1-3-9-15(13)19(20)21/h1-12,24-25H. The average molecular weight is 326 g/mol. The number of fused-ring (bicyclic) bond motifs is 7. The molecule has 3 nitrogen and oxygen atoms in total. The first kappa shape index (κ1) is 14.3. The Morgan fingerprint density at radius 3 is 1.88 bits per heavy atom. The predicted octanol–water partition coefficient (Wildman–Crippen LogP) is 3.72. The van der Waals surface area contributed by atoms with E-state index >= 15 is 0 Å². The first-order chi connectivity index (χ1) is 12.1. The molecule has 0 radical (unpaired) electrons. The molecule has 0 atom stereocenters. The van der Waals surface area contributed by atoms with Crippen molar-refractivity contribution in [2.45, 2.75) is 5.79 Å². The summed E-state index contributed by atoms with van der Waals surface area (Å²) in [6.45, 7) is 0. The Bertz CT molecular complexity index is 1190. The second-order valence-electron chi connectivity index (χ2n) is 6.39. The van der Waals surface area contributed by atoms with Crippen LogP contribution in [0.2, 0.25) is 0 Å². The quantitative estimate of drug-likeness (QED) is 0.382. The van der Waals surface area contributed by atoms with E-state index in [2.05, 4.69) is 0 Å². The highest BCUT2D eigenvalue weighted by Gasteiger charge is 2.43. The molecule has 0 fully saturated rings. The Hall–Kier alpha value is -3.01. The first-order valence-corrected chi connectivity index (χ1v) is 8.13. The molecule has 0 saturated heterocycles. The van der Waals surface area contributed by atoms with Crippen LogP contribution in [0.3, 0.4) is 0 Å². The third kappa shape index (κ3) is 1.74. The van der Waals surface area contributed by atoms with Gasteiger partial charge in [-0.1, -0.05) is 72.8 Å². The van der Waals surface area contributed by atoms with Crippen molar-refractivity contribution in [2.75, 3.05) is 0 Å². The van der Waals surface area contributed by atoms with Crippen molar-refractivity contribution in [2.24, 2.45) is 0 Å². The highest BCUT2D eigenvalue weighted by Crippen LogP contribution is 2.45. The summed E-state index contributed by atoms with van der Waals surface area (Å²) in [4.78, 5) is 13.2. The van der Waals surface area contributed by atoms with Crippen LogP contribution in [0.5, 0.6) is 0 Å². The third-order valence-electron chi connectivity index (χ3n) is 5.06. The van der Waals surface area contributed by atoms with E-state index in [1.54, 1.807) is 24.3 Å². The maximum atomic E-state index is 13.2. The second kappa shape index (κ2) is 4.76. The van der Waals surface area contributed by atoms with Crippen LogP contribution >= 0.6 is 0 Å². The second-order valence-corrected chi connectivity index (χ2v) is 6.39. The van der Waals surface area contributed by atoms with Crippen LogP contribution in [0.15, 0.2) is 72.8 Å². The molecule has 3 heteroatoms. The van der Waals surface area contributed by atoms with Gasteiger partial charge in [0.05, 0.1) is 0 Å². The molecular formula is C22H14O3. The van der Waals surface area contributed by atoms with E-state index in [0.717, 1.165) is 16.2 Å². The van der Waals surface area contributed by atoms with Gasteiger partial charge < -0.3 is 10.2 Å². The molecule has 1 aliphatic rings. The Morgan fingerprint density at radius 1 is 0.640 bits per heavy atom. The van der Waals surface area contributed by atoms with Gasteiger partial charge in [-0.2, -0.15) is 0 Å². The molecule has 0 bridgehead atoms.